The Bertz CT molecular complexity index is 392. The van der Waals surface area contributed by atoms with Crippen LogP contribution in [0.2, 0.25) is 0 Å². The fraction of sp³-hybridized carbons (Fsp3) is 0.714. The van der Waals surface area contributed by atoms with Crippen molar-refractivity contribution in [3.05, 3.63) is 22.8 Å². The van der Waals surface area contributed by atoms with Crippen LogP contribution in [0.1, 0.15) is 25.7 Å². The van der Waals surface area contributed by atoms with Crippen molar-refractivity contribution in [2.45, 2.75) is 37.8 Å². The van der Waals surface area contributed by atoms with Crippen molar-refractivity contribution < 1.29 is 26.7 Å². The third-order valence-electron chi connectivity index (χ3n) is 3.40. The van der Waals surface area contributed by atoms with Gasteiger partial charge in [-0.3, -0.25) is 0 Å². The first-order chi connectivity index (χ1) is 9.77. The van der Waals surface area contributed by atoms with Crippen molar-refractivity contribution in [2.75, 3.05) is 26.2 Å². The van der Waals surface area contributed by atoms with Gasteiger partial charge < -0.3 is 30.8 Å². The van der Waals surface area contributed by atoms with Crippen LogP contribution >= 0.6 is 0 Å². The molecule has 122 valence electrons. The predicted molar refractivity (Wildman–Crippen MR) is 76.2 cm³/mol. The van der Waals surface area contributed by atoms with Crippen molar-refractivity contribution in [3.8, 4) is 0 Å². The number of hydrogen-bond acceptors (Lipinski definition) is 4. The van der Waals surface area contributed by atoms with Crippen molar-refractivity contribution in [1.82, 2.24) is 0 Å². The van der Waals surface area contributed by atoms with E-state index in [1.165, 1.54) is 0 Å². The third kappa shape index (κ3) is 6.16. The second kappa shape index (κ2) is 9.93. The van der Waals surface area contributed by atoms with Crippen LogP contribution in [0.3, 0.4) is 0 Å². The van der Waals surface area contributed by atoms with Gasteiger partial charge >= 0.3 is 0 Å². The Morgan fingerprint density at radius 3 is 2.29 bits per heavy atom. The van der Waals surface area contributed by atoms with E-state index in [1.54, 1.807) is 0 Å². The molecule has 2 rings (SSSR count). The standard InChI is InChI=1S/C14H22N4O2.Ni/c19-13(11-5-1-3-7-15-11)17-9-10-18-14(20)12-6-2-4-8-16-12;/h1,3,11-12H,2,4-10H2,(H,17,19)(H,18,20);/q-2;/p-2. The molecule has 0 aromatic carbocycles. The summed E-state index contributed by atoms with van der Waals surface area (Å²) in [5, 5.41) is 31.9. The molecular formula is C14H20N4NiO2-4. The first kappa shape index (κ1) is 18.1. The molecule has 2 unspecified atom stereocenters. The van der Waals surface area contributed by atoms with Crippen LogP contribution in [0, 0.1) is 0 Å². The average Bonchev–Trinajstić information content (AvgIpc) is 2.53. The molecule has 0 radical (unpaired) electrons. The van der Waals surface area contributed by atoms with Gasteiger partial charge in [-0.25, -0.2) is 0 Å². The minimum Gasteiger partial charge on any atom is -0.863 e. The van der Waals surface area contributed by atoms with Crippen LogP contribution in [0.15, 0.2) is 22.1 Å². The molecule has 0 amide bonds. The first-order valence-electron chi connectivity index (χ1n) is 7.18. The van der Waals surface area contributed by atoms with Crippen molar-refractivity contribution in [1.29, 1.82) is 0 Å². The van der Waals surface area contributed by atoms with Gasteiger partial charge in [0.15, 0.2) is 0 Å². The zero-order valence-corrected chi connectivity index (χ0v) is 12.9. The van der Waals surface area contributed by atoms with E-state index in [2.05, 4.69) is 20.6 Å². The number of aliphatic imine (C=N–C) groups is 2. The van der Waals surface area contributed by atoms with Gasteiger partial charge in [0.1, 0.15) is 0 Å². The monoisotopic (exact) mass is 334 g/mol. The average molecular weight is 335 g/mol. The molecule has 0 aliphatic carbocycles. The molecule has 7 heteroatoms. The summed E-state index contributed by atoms with van der Waals surface area (Å²) in [7, 11) is 0. The quantitative estimate of drug-likeness (QED) is 0.235. The van der Waals surface area contributed by atoms with Crippen molar-refractivity contribution >= 4 is 11.8 Å². The van der Waals surface area contributed by atoms with E-state index >= 15 is 0 Å². The summed E-state index contributed by atoms with van der Waals surface area (Å²) in [4.78, 5) is 7.86. The van der Waals surface area contributed by atoms with Gasteiger partial charge in [-0.1, -0.05) is 37.1 Å². The first-order valence-corrected chi connectivity index (χ1v) is 7.18. The SMILES string of the molecule is [Ni].[O-]C(=NCCN=C([O-])C1CCCC[N-]1)C1CC=CC[N-]1. The van der Waals surface area contributed by atoms with Crippen LogP contribution in [-0.4, -0.2) is 50.1 Å². The topological polar surface area (TPSA) is 99.0 Å². The van der Waals surface area contributed by atoms with Gasteiger partial charge in [0.2, 0.25) is 0 Å². The van der Waals surface area contributed by atoms with Gasteiger partial charge in [-0.05, 0) is 6.42 Å². The molecule has 0 aromatic rings. The Morgan fingerprint density at radius 1 is 1.00 bits per heavy atom. The van der Waals surface area contributed by atoms with E-state index in [9.17, 15) is 10.2 Å². The molecule has 0 spiro atoms. The zero-order chi connectivity index (χ0) is 14.2. The number of hydrogen-bond donors (Lipinski definition) is 0. The molecule has 6 nitrogen and oxygen atoms in total. The van der Waals surface area contributed by atoms with Gasteiger partial charge in [0.25, 0.3) is 0 Å². The van der Waals surface area contributed by atoms with Gasteiger partial charge in [-0.2, -0.15) is 0 Å². The largest absolute Gasteiger partial charge is 0.863 e. The minimum absolute atomic E-state index is 0. The van der Waals surface area contributed by atoms with Gasteiger partial charge in [0.05, 0.1) is 13.1 Å². The molecule has 21 heavy (non-hydrogen) atoms. The third-order valence-corrected chi connectivity index (χ3v) is 3.40. The molecular weight excluding hydrogens is 315 g/mol. The summed E-state index contributed by atoms with van der Waals surface area (Å²) in [6, 6.07) is -0.609. The van der Waals surface area contributed by atoms with E-state index in [4.69, 9.17) is 0 Å². The summed E-state index contributed by atoms with van der Waals surface area (Å²) < 4.78 is 0. The summed E-state index contributed by atoms with van der Waals surface area (Å²) >= 11 is 0. The van der Waals surface area contributed by atoms with E-state index in [0.717, 1.165) is 25.8 Å². The number of nitrogens with zero attached hydrogens (tertiary/aromatic N) is 4. The molecule has 0 saturated carbocycles. The van der Waals surface area contributed by atoms with Gasteiger partial charge in [0, 0.05) is 16.5 Å². The normalized spacial score (nSPS) is 27.2. The van der Waals surface area contributed by atoms with Gasteiger partial charge in [-0.15, -0.1) is 31.2 Å². The van der Waals surface area contributed by atoms with Crippen LogP contribution in [0.4, 0.5) is 0 Å². The molecule has 0 bridgehead atoms. The summed E-state index contributed by atoms with van der Waals surface area (Å²) in [6.07, 6.45) is 7.40. The van der Waals surface area contributed by atoms with E-state index < -0.39 is 0 Å². The summed E-state index contributed by atoms with van der Waals surface area (Å²) in [6.45, 7) is 1.86. The smallest absolute Gasteiger partial charge is 0.0573 e. The van der Waals surface area contributed by atoms with Crippen LogP contribution in [-0.2, 0) is 16.5 Å². The van der Waals surface area contributed by atoms with Crippen molar-refractivity contribution in [2.24, 2.45) is 9.98 Å². The van der Waals surface area contributed by atoms with E-state index in [0.29, 0.717) is 13.0 Å². The molecule has 0 N–H and O–H groups in total. The number of rotatable bonds is 5. The second-order valence-electron chi connectivity index (χ2n) is 4.95. The fourth-order valence-corrected chi connectivity index (χ4v) is 2.26. The maximum atomic E-state index is 11.7. The van der Waals surface area contributed by atoms with Crippen LogP contribution in [0.5, 0.6) is 0 Å². The van der Waals surface area contributed by atoms with E-state index in [1.807, 2.05) is 12.2 Å². The van der Waals surface area contributed by atoms with Crippen LogP contribution in [0.25, 0.3) is 10.6 Å². The molecule has 2 heterocycles. The van der Waals surface area contributed by atoms with Crippen LogP contribution < -0.4 is 10.2 Å². The molecule has 1 fully saturated rings. The molecule has 2 aliphatic heterocycles. The Hall–Kier alpha value is -0.906. The molecule has 2 aliphatic rings. The Morgan fingerprint density at radius 2 is 1.71 bits per heavy atom. The molecule has 2 atom stereocenters. The zero-order valence-electron chi connectivity index (χ0n) is 11.9. The Labute approximate surface area is 135 Å². The van der Waals surface area contributed by atoms with Crippen molar-refractivity contribution in [3.63, 3.8) is 0 Å². The minimum atomic E-state index is -0.343. The fourth-order valence-electron chi connectivity index (χ4n) is 2.26. The molecule has 0 aromatic heterocycles. The maximum Gasteiger partial charge on any atom is 0.0573 e. The Kier molecular flexibility index (Phi) is 8.58. The summed E-state index contributed by atoms with van der Waals surface area (Å²) in [5.41, 5.74) is 0. The predicted octanol–water partition coefficient (Wildman–Crippen LogP) is 0.130. The number of piperidine rings is 1. The summed E-state index contributed by atoms with van der Waals surface area (Å²) in [5.74, 6) is -0.378. The van der Waals surface area contributed by atoms with E-state index in [-0.39, 0.29) is 53.5 Å². The Balaban J connectivity index is 0.00000220. The second-order valence-corrected chi connectivity index (χ2v) is 4.95. The molecule has 1 saturated heterocycles. The maximum absolute atomic E-state index is 11.7.